The van der Waals surface area contributed by atoms with Crippen LogP contribution in [-0.2, 0) is 16.9 Å². The number of fused-ring (bicyclic) bond motifs is 1. The van der Waals surface area contributed by atoms with Crippen LogP contribution in [0.2, 0.25) is 0 Å². The Morgan fingerprint density at radius 3 is 2.43 bits per heavy atom. The van der Waals surface area contributed by atoms with Crippen molar-refractivity contribution in [2.75, 3.05) is 12.4 Å². The Morgan fingerprint density at radius 1 is 1.08 bits per heavy atom. The van der Waals surface area contributed by atoms with Crippen molar-refractivity contribution in [2.45, 2.75) is 24.7 Å². The van der Waals surface area contributed by atoms with E-state index in [0.717, 1.165) is 18.3 Å². The van der Waals surface area contributed by atoms with E-state index in [9.17, 15) is 27.5 Å². The average Bonchev–Trinajstić information content (AvgIpc) is 3.26. The summed E-state index contributed by atoms with van der Waals surface area (Å²) in [4.78, 5) is 11.8. The Morgan fingerprint density at radius 2 is 1.78 bits per heavy atom. The lowest BCUT2D eigenvalue weighted by atomic mass is 9.84. The molecule has 1 atom stereocenters. The molecule has 6 nitrogen and oxygen atoms in total. The van der Waals surface area contributed by atoms with Gasteiger partial charge in [0.1, 0.15) is 5.82 Å². The summed E-state index contributed by atoms with van der Waals surface area (Å²) >= 11 is 0. The summed E-state index contributed by atoms with van der Waals surface area (Å²) in [5.41, 5.74) is -2.96. The number of aromatic nitrogens is 1. The van der Waals surface area contributed by atoms with Crippen LogP contribution in [0.3, 0.4) is 0 Å². The van der Waals surface area contributed by atoms with Crippen molar-refractivity contribution in [3.8, 4) is 0 Å². The Hall–Kier alpha value is -4.18. The number of para-hydroxylation sites is 1. The van der Waals surface area contributed by atoms with Gasteiger partial charge in [-0.1, -0.05) is 24.3 Å². The molecule has 1 unspecified atom stereocenters. The molecule has 0 aliphatic carbocycles. The van der Waals surface area contributed by atoms with Crippen LogP contribution in [0.25, 0.3) is 10.9 Å². The van der Waals surface area contributed by atoms with Crippen LogP contribution in [0.5, 0.6) is 0 Å². The molecular weight excluding hydrogens is 488 g/mol. The van der Waals surface area contributed by atoms with Gasteiger partial charge in [0, 0.05) is 65.8 Å². The summed E-state index contributed by atoms with van der Waals surface area (Å²) in [7, 11) is 1.47. The zero-order chi connectivity index (χ0) is 26.8. The van der Waals surface area contributed by atoms with E-state index < -0.39 is 23.2 Å². The van der Waals surface area contributed by atoms with Crippen LogP contribution >= 0.6 is 0 Å². The SMILES string of the molecule is CNC(=O)CCn1cc(C(O)(c2ccc(Nc3ccc(F)cc3)c(C=N)c2)C(F)(F)F)c2ccccc21. The van der Waals surface area contributed by atoms with Gasteiger partial charge < -0.3 is 25.7 Å². The van der Waals surface area contributed by atoms with E-state index in [0.29, 0.717) is 16.9 Å². The number of halogens is 4. The maximum Gasteiger partial charge on any atom is 0.425 e. The molecule has 1 heterocycles. The van der Waals surface area contributed by atoms with Crippen molar-refractivity contribution in [1.82, 2.24) is 9.88 Å². The summed E-state index contributed by atoms with van der Waals surface area (Å²) in [6, 6.07) is 15.3. The first-order valence-corrected chi connectivity index (χ1v) is 11.3. The minimum absolute atomic E-state index is 0.0424. The number of aryl methyl sites for hydroxylation is 1. The lowest BCUT2D eigenvalue weighted by Crippen LogP contribution is -2.43. The number of benzene rings is 3. The fourth-order valence-electron chi connectivity index (χ4n) is 4.25. The van der Waals surface area contributed by atoms with Crippen LogP contribution in [-0.4, -0.2) is 35.0 Å². The highest BCUT2D eigenvalue weighted by Gasteiger charge is 2.57. The molecular formula is C27H24F4N4O2. The molecule has 0 saturated heterocycles. The van der Waals surface area contributed by atoms with E-state index in [-0.39, 0.29) is 35.4 Å². The van der Waals surface area contributed by atoms with Crippen LogP contribution in [0, 0.1) is 11.2 Å². The molecule has 192 valence electrons. The van der Waals surface area contributed by atoms with Gasteiger partial charge in [-0.25, -0.2) is 4.39 Å². The molecule has 10 heteroatoms. The maximum absolute atomic E-state index is 14.7. The van der Waals surface area contributed by atoms with Gasteiger partial charge >= 0.3 is 6.18 Å². The van der Waals surface area contributed by atoms with Crippen molar-refractivity contribution < 1.29 is 27.5 Å². The van der Waals surface area contributed by atoms with E-state index in [1.165, 1.54) is 54.2 Å². The molecule has 0 spiro atoms. The molecule has 0 fully saturated rings. The van der Waals surface area contributed by atoms with Crippen LogP contribution in [0.15, 0.2) is 72.9 Å². The number of carbonyl (C=O) groups is 1. The summed E-state index contributed by atoms with van der Waals surface area (Å²) in [6.07, 6.45) is -2.98. The number of nitrogens with one attached hydrogen (secondary N) is 3. The number of aliphatic hydroxyl groups is 1. The van der Waals surface area contributed by atoms with Crippen LogP contribution in [0.1, 0.15) is 23.1 Å². The third-order valence-electron chi connectivity index (χ3n) is 6.20. The second-order valence-corrected chi connectivity index (χ2v) is 8.46. The average molecular weight is 513 g/mol. The van der Waals surface area contributed by atoms with Crippen LogP contribution < -0.4 is 10.6 Å². The van der Waals surface area contributed by atoms with Gasteiger partial charge in [0.05, 0.1) is 0 Å². The molecule has 1 amide bonds. The molecule has 1 aromatic heterocycles. The molecule has 3 aromatic carbocycles. The Labute approximate surface area is 210 Å². The van der Waals surface area contributed by atoms with E-state index in [2.05, 4.69) is 10.6 Å². The van der Waals surface area contributed by atoms with Gasteiger partial charge in [-0.2, -0.15) is 13.2 Å². The van der Waals surface area contributed by atoms with Crippen molar-refractivity contribution in [3.05, 3.63) is 95.4 Å². The Balaban J connectivity index is 1.83. The van der Waals surface area contributed by atoms with Crippen molar-refractivity contribution >= 4 is 34.4 Å². The van der Waals surface area contributed by atoms with E-state index in [1.54, 1.807) is 18.2 Å². The third kappa shape index (κ3) is 4.92. The third-order valence-corrected chi connectivity index (χ3v) is 6.20. The largest absolute Gasteiger partial charge is 0.425 e. The van der Waals surface area contributed by atoms with Crippen LogP contribution in [0.4, 0.5) is 28.9 Å². The number of carbonyl (C=O) groups excluding carboxylic acids is 1. The van der Waals surface area contributed by atoms with Crippen molar-refractivity contribution in [3.63, 3.8) is 0 Å². The molecule has 4 rings (SSSR count). The number of hydrogen-bond donors (Lipinski definition) is 4. The van der Waals surface area contributed by atoms with E-state index in [4.69, 9.17) is 5.41 Å². The lowest BCUT2D eigenvalue weighted by molar-refractivity contribution is -0.247. The summed E-state index contributed by atoms with van der Waals surface area (Å²) in [5, 5.41) is 24.8. The zero-order valence-corrected chi connectivity index (χ0v) is 19.7. The molecule has 4 N–H and O–H groups in total. The van der Waals surface area contributed by atoms with Crippen molar-refractivity contribution in [1.29, 1.82) is 5.41 Å². The molecule has 4 aromatic rings. The number of hydrogen-bond acceptors (Lipinski definition) is 4. The molecule has 0 saturated carbocycles. The van der Waals surface area contributed by atoms with E-state index in [1.807, 2.05) is 0 Å². The van der Waals surface area contributed by atoms with Gasteiger partial charge in [-0.05, 0) is 48.0 Å². The fourth-order valence-corrected chi connectivity index (χ4v) is 4.25. The predicted molar refractivity (Wildman–Crippen MR) is 134 cm³/mol. The second kappa shape index (κ2) is 10.1. The van der Waals surface area contributed by atoms with Crippen molar-refractivity contribution in [2.24, 2.45) is 0 Å². The van der Waals surface area contributed by atoms with Gasteiger partial charge in [0.2, 0.25) is 11.5 Å². The topological polar surface area (TPSA) is 90.1 Å². The number of amides is 1. The highest BCUT2D eigenvalue weighted by Crippen LogP contribution is 2.47. The second-order valence-electron chi connectivity index (χ2n) is 8.46. The highest BCUT2D eigenvalue weighted by molar-refractivity contribution is 5.89. The van der Waals surface area contributed by atoms with Gasteiger partial charge in [0.15, 0.2) is 0 Å². The number of nitrogens with zero attached hydrogens (tertiary/aromatic N) is 1. The molecule has 0 aliphatic heterocycles. The molecule has 0 bridgehead atoms. The zero-order valence-electron chi connectivity index (χ0n) is 19.7. The normalized spacial score (nSPS) is 13.2. The van der Waals surface area contributed by atoms with Gasteiger partial charge in [-0.3, -0.25) is 4.79 Å². The lowest BCUT2D eigenvalue weighted by Gasteiger charge is -2.31. The smallest absolute Gasteiger partial charge is 0.372 e. The summed E-state index contributed by atoms with van der Waals surface area (Å²) in [5.74, 6) is -0.719. The Bertz CT molecular complexity index is 1450. The van der Waals surface area contributed by atoms with E-state index >= 15 is 0 Å². The fraction of sp³-hybridized carbons (Fsp3) is 0.185. The molecule has 0 radical (unpaired) electrons. The quantitative estimate of drug-likeness (QED) is 0.187. The predicted octanol–water partition coefficient (Wildman–Crippen LogP) is 5.46. The van der Waals surface area contributed by atoms with Gasteiger partial charge in [-0.15, -0.1) is 0 Å². The Kier molecular flexibility index (Phi) is 7.04. The number of anilines is 2. The first kappa shape index (κ1) is 25.9. The van der Waals surface area contributed by atoms with Gasteiger partial charge in [0.25, 0.3) is 0 Å². The summed E-state index contributed by atoms with van der Waals surface area (Å²) in [6.45, 7) is 0.112. The molecule has 37 heavy (non-hydrogen) atoms. The minimum atomic E-state index is -5.12. The maximum atomic E-state index is 14.7. The monoisotopic (exact) mass is 512 g/mol. The minimum Gasteiger partial charge on any atom is -0.372 e. The first-order chi connectivity index (χ1) is 17.6. The summed E-state index contributed by atoms with van der Waals surface area (Å²) < 4.78 is 58.8. The standard InChI is InChI=1S/C27H24F4N4O2/c1-33-25(36)12-13-35-16-22(21-4-2-3-5-24(21)35)26(37,27(29,30)31)18-6-11-23(17(14-18)15-32)34-20-9-7-19(28)8-10-20/h2-11,14-16,32,34,37H,12-13H2,1H3,(H,33,36). The number of rotatable bonds is 8. The first-order valence-electron chi connectivity index (χ1n) is 11.3. The molecule has 0 aliphatic rings. The highest BCUT2D eigenvalue weighted by atomic mass is 19.4. The number of alkyl halides is 3.